The van der Waals surface area contributed by atoms with Crippen LogP contribution in [0, 0.1) is 0 Å². The predicted octanol–water partition coefficient (Wildman–Crippen LogP) is 1.80. The summed E-state index contributed by atoms with van der Waals surface area (Å²) in [4.78, 5) is 0. The summed E-state index contributed by atoms with van der Waals surface area (Å²) in [5.41, 5.74) is 6.25. The molecule has 5 nitrogen and oxygen atoms in total. The average Bonchev–Trinajstić information content (AvgIpc) is 2.44. The van der Waals surface area contributed by atoms with Crippen molar-refractivity contribution < 1.29 is 13.2 Å². The zero-order chi connectivity index (χ0) is 15.5. The highest BCUT2D eigenvalue weighted by Crippen LogP contribution is 2.26. The number of anilines is 1. The normalized spacial score (nSPS) is 23.9. The maximum absolute atomic E-state index is 12.4. The summed E-state index contributed by atoms with van der Waals surface area (Å²) in [6.45, 7) is 4.77. The first-order chi connectivity index (χ1) is 9.90. The van der Waals surface area contributed by atoms with Gasteiger partial charge in [-0.25, -0.2) is 8.42 Å². The molecule has 0 saturated carbocycles. The van der Waals surface area contributed by atoms with E-state index in [2.05, 4.69) is 6.92 Å². The van der Waals surface area contributed by atoms with Crippen LogP contribution in [0.3, 0.4) is 0 Å². The molecule has 2 atom stereocenters. The summed E-state index contributed by atoms with van der Waals surface area (Å²) in [6.07, 6.45) is 0. The van der Waals surface area contributed by atoms with Crippen LogP contribution in [-0.4, -0.2) is 48.7 Å². The molecule has 1 aromatic carbocycles. The molecule has 0 spiro atoms. The quantitative estimate of drug-likeness (QED) is 0.834. The van der Waals surface area contributed by atoms with Gasteiger partial charge in [0.25, 0.3) is 0 Å². The lowest BCUT2D eigenvalue weighted by Gasteiger charge is -2.36. The van der Waals surface area contributed by atoms with E-state index in [-0.39, 0.29) is 18.4 Å². The van der Waals surface area contributed by atoms with Gasteiger partial charge in [-0.1, -0.05) is 6.92 Å². The fourth-order valence-electron chi connectivity index (χ4n) is 2.24. The topological polar surface area (TPSA) is 72.6 Å². The molecule has 1 aliphatic heterocycles. The lowest BCUT2D eigenvalue weighted by atomic mass is 10.2. The largest absolute Gasteiger partial charge is 0.492 e. The lowest BCUT2D eigenvalue weighted by molar-refractivity contribution is 0.318. The molecule has 0 aliphatic carbocycles. The van der Waals surface area contributed by atoms with Crippen LogP contribution in [0.15, 0.2) is 24.3 Å². The van der Waals surface area contributed by atoms with Crippen molar-refractivity contribution in [3.05, 3.63) is 24.3 Å². The summed E-state index contributed by atoms with van der Waals surface area (Å²) >= 11 is 1.82. The minimum atomic E-state index is -3.27. The second-order valence-corrected chi connectivity index (χ2v) is 8.69. The van der Waals surface area contributed by atoms with Crippen LogP contribution in [-0.2, 0) is 10.0 Å². The van der Waals surface area contributed by atoms with E-state index in [0.717, 1.165) is 5.75 Å². The number of benzene rings is 1. The van der Waals surface area contributed by atoms with Gasteiger partial charge in [-0.15, -0.1) is 0 Å². The van der Waals surface area contributed by atoms with E-state index in [4.69, 9.17) is 10.5 Å². The van der Waals surface area contributed by atoms with Crippen LogP contribution in [0.5, 0.6) is 5.75 Å². The number of sulfonamides is 1. The Labute approximate surface area is 130 Å². The van der Waals surface area contributed by atoms with Crippen molar-refractivity contribution in [3.8, 4) is 5.75 Å². The van der Waals surface area contributed by atoms with E-state index in [1.807, 2.05) is 18.7 Å². The number of nitrogens with zero attached hydrogens (tertiary/aromatic N) is 1. The van der Waals surface area contributed by atoms with Gasteiger partial charge in [-0.05, 0) is 31.2 Å². The summed E-state index contributed by atoms with van der Waals surface area (Å²) in [7, 11) is -3.27. The van der Waals surface area contributed by atoms with E-state index in [1.54, 1.807) is 28.6 Å². The number of rotatable bonds is 5. The maximum Gasteiger partial charge on any atom is 0.217 e. The van der Waals surface area contributed by atoms with Crippen LogP contribution in [0.2, 0.25) is 0 Å². The molecule has 2 N–H and O–H groups in total. The van der Waals surface area contributed by atoms with Crippen LogP contribution in [0.25, 0.3) is 0 Å². The first-order valence-electron chi connectivity index (χ1n) is 6.99. The molecule has 7 heteroatoms. The molecule has 118 valence electrons. The van der Waals surface area contributed by atoms with Gasteiger partial charge in [0.15, 0.2) is 0 Å². The molecular formula is C14H22N2O3S2. The molecule has 0 bridgehead atoms. The van der Waals surface area contributed by atoms with E-state index < -0.39 is 10.0 Å². The molecule has 21 heavy (non-hydrogen) atoms. The fourth-order valence-corrected chi connectivity index (χ4v) is 5.12. The summed E-state index contributed by atoms with van der Waals surface area (Å²) in [5, 5.41) is 0.326. The minimum absolute atomic E-state index is 0.000890. The Morgan fingerprint density at radius 1 is 1.33 bits per heavy atom. The highest BCUT2D eigenvalue weighted by molar-refractivity contribution is 8.00. The molecule has 1 aromatic rings. The van der Waals surface area contributed by atoms with Gasteiger partial charge in [-0.3, -0.25) is 0 Å². The van der Waals surface area contributed by atoms with Gasteiger partial charge in [-0.2, -0.15) is 16.1 Å². The maximum atomic E-state index is 12.4. The van der Waals surface area contributed by atoms with Crippen molar-refractivity contribution in [3.63, 3.8) is 0 Å². The van der Waals surface area contributed by atoms with Gasteiger partial charge >= 0.3 is 0 Å². The number of nitrogens with two attached hydrogens (primary N) is 1. The third kappa shape index (κ3) is 4.28. The Morgan fingerprint density at radius 3 is 2.67 bits per heavy atom. The number of hydrogen-bond donors (Lipinski definition) is 1. The van der Waals surface area contributed by atoms with Crippen molar-refractivity contribution in [2.75, 3.05) is 30.4 Å². The zero-order valence-corrected chi connectivity index (χ0v) is 14.0. The third-order valence-corrected chi connectivity index (χ3v) is 6.92. The predicted molar refractivity (Wildman–Crippen MR) is 88.2 cm³/mol. The number of nitrogen functional groups attached to an aromatic ring is 1. The highest BCUT2D eigenvalue weighted by Gasteiger charge is 2.33. The molecule has 0 amide bonds. The van der Waals surface area contributed by atoms with Crippen LogP contribution in [0.4, 0.5) is 5.69 Å². The van der Waals surface area contributed by atoms with Crippen LogP contribution < -0.4 is 10.5 Å². The Hall–Kier alpha value is -0.920. The molecular weight excluding hydrogens is 308 g/mol. The molecule has 1 heterocycles. The summed E-state index contributed by atoms with van der Waals surface area (Å²) in [6, 6.07) is 6.98. The first-order valence-corrected chi connectivity index (χ1v) is 9.65. The lowest BCUT2D eigenvalue weighted by Crippen LogP contribution is -2.49. The Kier molecular flexibility index (Phi) is 5.40. The van der Waals surface area contributed by atoms with Gasteiger partial charge in [0, 0.05) is 29.3 Å². The van der Waals surface area contributed by atoms with Gasteiger partial charge in [0.1, 0.15) is 12.4 Å². The molecule has 1 fully saturated rings. The van der Waals surface area contributed by atoms with Crippen molar-refractivity contribution in [2.45, 2.75) is 25.1 Å². The Morgan fingerprint density at radius 2 is 2.00 bits per heavy atom. The van der Waals surface area contributed by atoms with Crippen molar-refractivity contribution in [2.24, 2.45) is 0 Å². The summed E-state index contributed by atoms with van der Waals surface area (Å²) in [5.74, 6) is 1.48. The van der Waals surface area contributed by atoms with Gasteiger partial charge in [0.2, 0.25) is 10.0 Å². The molecule has 0 aromatic heterocycles. The SMILES string of the molecule is CC1SCCN(S(=O)(=O)CCOc2ccc(N)cc2)C1C. The second-order valence-electron chi connectivity index (χ2n) is 5.16. The van der Waals surface area contributed by atoms with E-state index >= 15 is 0 Å². The van der Waals surface area contributed by atoms with E-state index in [0.29, 0.717) is 23.2 Å². The summed E-state index contributed by atoms with van der Waals surface area (Å²) < 4.78 is 31.9. The number of ether oxygens (including phenoxy) is 1. The average molecular weight is 330 g/mol. The van der Waals surface area contributed by atoms with Crippen molar-refractivity contribution in [1.82, 2.24) is 4.31 Å². The first kappa shape index (κ1) is 16.5. The molecule has 0 radical (unpaired) electrons. The van der Waals surface area contributed by atoms with E-state index in [9.17, 15) is 8.42 Å². The van der Waals surface area contributed by atoms with Gasteiger partial charge < -0.3 is 10.5 Å². The Balaban J connectivity index is 1.90. The molecule has 1 saturated heterocycles. The third-order valence-electron chi connectivity index (χ3n) is 3.67. The van der Waals surface area contributed by atoms with Crippen LogP contribution >= 0.6 is 11.8 Å². The van der Waals surface area contributed by atoms with Gasteiger partial charge in [0.05, 0.1) is 5.75 Å². The number of thioether (sulfide) groups is 1. The standard InChI is InChI=1S/C14H22N2O3S2/c1-11-12(2)20-9-7-16(11)21(17,18)10-8-19-14-5-3-13(15)4-6-14/h3-6,11-12H,7-10,15H2,1-2H3. The molecule has 2 unspecified atom stereocenters. The Bertz CT molecular complexity index is 560. The highest BCUT2D eigenvalue weighted by atomic mass is 32.2. The smallest absolute Gasteiger partial charge is 0.217 e. The molecule has 2 rings (SSSR count). The van der Waals surface area contributed by atoms with Crippen molar-refractivity contribution >= 4 is 27.5 Å². The second kappa shape index (κ2) is 6.89. The zero-order valence-electron chi connectivity index (χ0n) is 12.4. The van der Waals surface area contributed by atoms with E-state index in [1.165, 1.54) is 0 Å². The molecule has 1 aliphatic rings. The minimum Gasteiger partial charge on any atom is -0.492 e. The van der Waals surface area contributed by atoms with Crippen LogP contribution in [0.1, 0.15) is 13.8 Å². The monoisotopic (exact) mass is 330 g/mol. The fraction of sp³-hybridized carbons (Fsp3) is 0.571. The van der Waals surface area contributed by atoms with Crippen molar-refractivity contribution in [1.29, 1.82) is 0 Å². The number of hydrogen-bond acceptors (Lipinski definition) is 5.